The normalized spacial score (nSPS) is 24.9. The average molecular weight is 358 g/mol. The number of nitrogens with zero attached hydrogens (tertiary/aromatic N) is 2. The number of rotatable bonds is 8. The van der Waals surface area contributed by atoms with Crippen molar-refractivity contribution in [2.24, 2.45) is 5.41 Å². The van der Waals surface area contributed by atoms with Gasteiger partial charge in [0.25, 0.3) is 0 Å². The van der Waals surface area contributed by atoms with Crippen LogP contribution in [0.4, 0.5) is 0 Å². The molecule has 0 unspecified atom stereocenters. The third-order valence-corrected chi connectivity index (χ3v) is 5.91. The summed E-state index contributed by atoms with van der Waals surface area (Å²) < 4.78 is 11.9. The van der Waals surface area contributed by atoms with Gasteiger partial charge in [-0.3, -0.25) is 9.97 Å². The molecule has 136 valence electrons. The highest BCUT2D eigenvalue weighted by molar-refractivity contribution is 5.50. The Morgan fingerprint density at radius 2 is 1.78 bits per heavy atom. The van der Waals surface area contributed by atoms with Crippen LogP contribution in [0.1, 0.15) is 29.7 Å². The number of benzene rings is 1. The second kappa shape index (κ2) is 6.46. The zero-order chi connectivity index (χ0) is 18.2. The Morgan fingerprint density at radius 1 is 0.926 bits per heavy atom. The molecule has 0 N–H and O–H groups in total. The lowest BCUT2D eigenvalue weighted by molar-refractivity contribution is 0.0933. The van der Waals surface area contributed by atoms with Gasteiger partial charge in [-0.2, -0.15) is 0 Å². The SMILES string of the molecule is c1ccc(COc2cncc(C34CC3(COCc3ccccn3)C4)c2)cc1. The molecule has 2 aromatic heterocycles. The van der Waals surface area contributed by atoms with E-state index in [0.29, 0.717) is 18.6 Å². The third kappa shape index (κ3) is 3.10. The van der Waals surface area contributed by atoms with Crippen LogP contribution < -0.4 is 4.74 Å². The molecule has 27 heavy (non-hydrogen) atoms. The van der Waals surface area contributed by atoms with Gasteiger partial charge in [0.05, 0.1) is 25.1 Å². The standard InChI is InChI=1S/C23H22N2O2/c1-2-6-18(7-3-1)13-27-21-10-19(11-24-12-21)23-15-22(23,16-23)17-26-14-20-8-4-5-9-25-20/h1-12H,13-17H2. The molecule has 2 aliphatic carbocycles. The fourth-order valence-corrected chi connectivity index (χ4v) is 4.10. The smallest absolute Gasteiger partial charge is 0.138 e. The zero-order valence-electron chi connectivity index (χ0n) is 15.2. The maximum Gasteiger partial charge on any atom is 0.138 e. The molecular weight excluding hydrogens is 336 g/mol. The van der Waals surface area contributed by atoms with Crippen molar-refractivity contribution in [3.05, 3.63) is 90.0 Å². The van der Waals surface area contributed by atoms with Crippen LogP contribution in [-0.2, 0) is 23.4 Å². The van der Waals surface area contributed by atoms with Crippen molar-refractivity contribution in [2.75, 3.05) is 6.61 Å². The molecule has 0 amide bonds. The first-order valence-electron chi connectivity index (χ1n) is 9.40. The van der Waals surface area contributed by atoms with Crippen molar-refractivity contribution in [2.45, 2.75) is 31.5 Å². The second-order valence-electron chi connectivity index (χ2n) is 7.71. The Balaban J connectivity index is 1.18. The molecule has 0 atom stereocenters. The predicted molar refractivity (Wildman–Crippen MR) is 102 cm³/mol. The highest BCUT2D eigenvalue weighted by Gasteiger charge is 2.83. The van der Waals surface area contributed by atoms with Gasteiger partial charge in [-0.05, 0) is 42.2 Å². The van der Waals surface area contributed by atoms with E-state index in [9.17, 15) is 0 Å². The first kappa shape index (κ1) is 16.5. The van der Waals surface area contributed by atoms with Crippen LogP contribution in [0.15, 0.2) is 73.2 Å². The van der Waals surface area contributed by atoms with E-state index >= 15 is 0 Å². The Kier molecular flexibility index (Phi) is 3.94. The molecule has 4 heteroatoms. The van der Waals surface area contributed by atoms with E-state index in [2.05, 4.69) is 28.2 Å². The van der Waals surface area contributed by atoms with Crippen LogP contribution in [0.3, 0.4) is 0 Å². The number of pyridine rings is 2. The summed E-state index contributed by atoms with van der Waals surface area (Å²) in [7, 11) is 0. The number of hydrogen-bond acceptors (Lipinski definition) is 4. The lowest BCUT2D eigenvalue weighted by atomic mass is 10.1. The summed E-state index contributed by atoms with van der Waals surface area (Å²) in [5, 5.41) is 0. The maximum atomic E-state index is 5.96. The molecular formula is C23H22N2O2. The average Bonchev–Trinajstić information content (AvgIpc) is 3.56. The molecule has 0 aliphatic heterocycles. The van der Waals surface area contributed by atoms with Crippen molar-refractivity contribution in [1.29, 1.82) is 0 Å². The van der Waals surface area contributed by atoms with Gasteiger partial charge >= 0.3 is 0 Å². The topological polar surface area (TPSA) is 44.2 Å². The molecule has 0 bridgehead atoms. The molecule has 0 radical (unpaired) electrons. The van der Waals surface area contributed by atoms with Gasteiger partial charge in [0, 0.05) is 23.2 Å². The quantitative estimate of drug-likeness (QED) is 0.602. The Hall–Kier alpha value is -2.72. The fourth-order valence-electron chi connectivity index (χ4n) is 4.10. The van der Waals surface area contributed by atoms with Gasteiger partial charge in [0.2, 0.25) is 0 Å². The van der Waals surface area contributed by atoms with Crippen molar-refractivity contribution in [1.82, 2.24) is 9.97 Å². The molecule has 2 heterocycles. The predicted octanol–water partition coefficient (Wildman–Crippen LogP) is 4.30. The van der Waals surface area contributed by atoms with E-state index in [-0.39, 0.29) is 5.41 Å². The number of fused-ring (bicyclic) bond motifs is 1. The second-order valence-corrected chi connectivity index (χ2v) is 7.71. The summed E-state index contributed by atoms with van der Waals surface area (Å²) >= 11 is 0. The molecule has 3 aromatic rings. The van der Waals surface area contributed by atoms with Crippen LogP contribution in [0.5, 0.6) is 5.75 Å². The van der Waals surface area contributed by atoms with E-state index in [0.717, 1.165) is 23.6 Å². The van der Waals surface area contributed by atoms with Gasteiger partial charge in [-0.25, -0.2) is 0 Å². The highest BCUT2D eigenvalue weighted by Crippen LogP contribution is 2.85. The van der Waals surface area contributed by atoms with Crippen molar-refractivity contribution in [3.63, 3.8) is 0 Å². The fraction of sp³-hybridized carbons (Fsp3) is 0.304. The summed E-state index contributed by atoms with van der Waals surface area (Å²) in [6.45, 7) is 1.94. The van der Waals surface area contributed by atoms with Crippen LogP contribution in [0.25, 0.3) is 0 Å². The summed E-state index contributed by atoms with van der Waals surface area (Å²) in [6, 6.07) is 18.3. The molecule has 2 saturated carbocycles. The third-order valence-electron chi connectivity index (χ3n) is 5.91. The molecule has 0 spiro atoms. The molecule has 0 saturated heterocycles. The molecule has 5 rings (SSSR count). The van der Waals surface area contributed by atoms with Crippen LogP contribution in [-0.4, -0.2) is 16.6 Å². The minimum absolute atomic E-state index is 0.260. The Morgan fingerprint density at radius 3 is 2.59 bits per heavy atom. The minimum atomic E-state index is 0.260. The molecule has 2 aliphatic rings. The van der Waals surface area contributed by atoms with Crippen molar-refractivity contribution < 1.29 is 9.47 Å². The van der Waals surface area contributed by atoms with E-state index < -0.39 is 0 Å². The number of aromatic nitrogens is 2. The van der Waals surface area contributed by atoms with Crippen molar-refractivity contribution >= 4 is 0 Å². The van der Waals surface area contributed by atoms with Crippen LogP contribution in [0, 0.1) is 5.41 Å². The van der Waals surface area contributed by atoms with Gasteiger partial charge < -0.3 is 9.47 Å². The highest BCUT2D eigenvalue weighted by atomic mass is 16.5. The van der Waals surface area contributed by atoms with Gasteiger partial charge in [-0.1, -0.05) is 36.4 Å². The van der Waals surface area contributed by atoms with Gasteiger partial charge in [0.15, 0.2) is 0 Å². The largest absolute Gasteiger partial charge is 0.487 e. The zero-order valence-corrected chi connectivity index (χ0v) is 15.2. The summed E-state index contributed by atoms with van der Waals surface area (Å²) in [4.78, 5) is 8.73. The summed E-state index contributed by atoms with van der Waals surface area (Å²) in [5.41, 5.74) is 4.00. The first-order chi connectivity index (χ1) is 13.3. The number of hydrogen-bond donors (Lipinski definition) is 0. The van der Waals surface area contributed by atoms with Crippen LogP contribution in [0.2, 0.25) is 0 Å². The number of ether oxygens (including phenoxy) is 2. The molecule has 2 fully saturated rings. The lowest BCUT2D eigenvalue weighted by Crippen LogP contribution is -2.03. The minimum Gasteiger partial charge on any atom is -0.487 e. The van der Waals surface area contributed by atoms with E-state index in [1.165, 1.54) is 18.4 Å². The molecule has 1 aromatic carbocycles. The van der Waals surface area contributed by atoms with Gasteiger partial charge in [0.1, 0.15) is 12.4 Å². The summed E-state index contributed by atoms with van der Waals surface area (Å²) in [5.74, 6) is 0.841. The van der Waals surface area contributed by atoms with Crippen molar-refractivity contribution in [3.8, 4) is 5.75 Å². The van der Waals surface area contributed by atoms with Gasteiger partial charge in [-0.15, -0.1) is 0 Å². The molecule has 4 nitrogen and oxygen atoms in total. The summed E-state index contributed by atoms with van der Waals surface area (Å²) in [6.07, 6.45) is 7.97. The Labute approximate surface area is 159 Å². The lowest BCUT2D eigenvalue weighted by Gasteiger charge is -2.08. The monoisotopic (exact) mass is 358 g/mol. The Bertz CT molecular complexity index is 921. The van der Waals surface area contributed by atoms with E-state index in [4.69, 9.17) is 9.47 Å². The van der Waals surface area contributed by atoms with Crippen LogP contribution >= 0.6 is 0 Å². The van der Waals surface area contributed by atoms with E-state index in [1.54, 1.807) is 6.20 Å². The maximum absolute atomic E-state index is 5.96. The van der Waals surface area contributed by atoms with E-state index in [1.807, 2.05) is 48.8 Å². The first-order valence-corrected chi connectivity index (χ1v) is 9.40.